The molecule has 98 valence electrons. The Kier molecular flexibility index (Phi) is 3.99. The van der Waals surface area contributed by atoms with Crippen molar-refractivity contribution in [2.24, 2.45) is 0 Å². The summed E-state index contributed by atoms with van der Waals surface area (Å²) in [5.74, 6) is 0.236. The summed E-state index contributed by atoms with van der Waals surface area (Å²) in [5.41, 5.74) is 6.66. The summed E-state index contributed by atoms with van der Waals surface area (Å²) in [6, 6.07) is 3.72. The van der Waals surface area contributed by atoms with Gasteiger partial charge in [0, 0.05) is 31.0 Å². The molecule has 2 rings (SSSR count). The van der Waals surface area contributed by atoms with Crippen molar-refractivity contribution in [1.29, 1.82) is 0 Å². The predicted molar refractivity (Wildman–Crippen MR) is 67.2 cm³/mol. The Labute approximate surface area is 106 Å². The number of esters is 1. The molecule has 0 saturated carbocycles. The van der Waals surface area contributed by atoms with Crippen molar-refractivity contribution in [3.05, 3.63) is 18.3 Å². The van der Waals surface area contributed by atoms with E-state index in [9.17, 15) is 4.79 Å². The highest BCUT2D eigenvalue weighted by Crippen LogP contribution is 2.19. The standard InChI is InChI=1S/C12H17N3O3/c1-17-12(16)7-10-8-15(4-5-18-10)9-2-3-14-11(13)6-9/h2-3,6,10H,4-5,7-8H2,1H3,(H2,13,14). The van der Waals surface area contributed by atoms with E-state index in [0.717, 1.165) is 12.2 Å². The first-order valence-corrected chi connectivity index (χ1v) is 5.84. The van der Waals surface area contributed by atoms with E-state index in [2.05, 4.69) is 14.6 Å². The Hall–Kier alpha value is -1.82. The van der Waals surface area contributed by atoms with Gasteiger partial charge in [0.15, 0.2) is 0 Å². The van der Waals surface area contributed by atoms with E-state index in [4.69, 9.17) is 10.5 Å². The SMILES string of the molecule is COC(=O)CC1CN(c2ccnc(N)c2)CCO1. The van der Waals surface area contributed by atoms with Gasteiger partial charge in [0.25, 0.3) is 0 Å². The Bertz CT molecular complexity index is 425. The van der Waals surface area contributed by atoms with Crippen molar-refractivity contribution < 1.29 is 14.3 Å². The molecule has 0 aliphatic carbocycles. The maximum Gasteiger partial charge on any atom is 0.308 e. The molecule has 1 fully saturated rings. The van der Waals surface area contributed by atoms with Crippen molar-refractivity contribution in [1.82, 2.24) is 4.98 Å². The number of hydrogen-bond acceptors (Lipinski definition) is 6. The molecule has 6 nitrogen and oxygen atoms in total. The highest BCUT2D eigenvalue weighted by Gasteiger charge is 2.23. The van der Waals surface area contributed by atoms with Crippen molar-refractivity contribution >= 4 is 17.5 Å². The summed E-state index contributed by atoms with van der Waals surface area (Å²) in [4.78, 5) is 17.3. The lowest BCUT2D eigenvalue weighted by molar-refractivity contribution is -0.144. The molecule has 1 saturated heterocycles. The van der Waals surface area contributed by atoms with Crippen LogP contribution in [-0.2, 0) is 14.3 Å². The second-order valence-electron chi connectivity index (χ2n) is 4.16. The normalized spacial score (nSPS) is 19.6. The number of hydrogen-bond donors (Lipinski definition) is 1. The number of rotatable bonds is 3. The van der Waals surface area contributed by atoms with Gasteiger partial charge in [0.05, 0.1) is 26.2 Å². The zero-order valence-electron chi connectivity index (χ0n) is 10.3. The van der Waals surface area contributed by atoms with Gasteiger partial charge in [0.2, 0.25) is 0 Å². The van der Waals surface area contributed by atoms with Crippen LogP contribution >= 0.6 is 0 Å². The van der Waals surface area contributed by atoms with Crippen LogP contribution < -0.4 is 10.6 Å². The average Bonchev–Trinajstić information content (AvgIpc) is 2.39. The van der Waals surface area contributed by atoms with Crippen molar-refractivity contribution in [2.75, 3.05) is 37.4 Å². The molecule has 0 spiro atoms. The Morgan fingerprint density at radius 3 is 3.28 bits per heavy atom. The lowest BCUT2D eigenvalue weighted by Gasteiger charge is -2.34. The van der Waals surface area contributed by atoms with Gasteiger partial charge in [0.1, 0.15) is 5.82 Å². The second-order valence-corrected chi connectivity index (χ2v) is 4.16. The van der Waals surface area contributed by atoms with E-state index < -0.39 is 0 Å². The Balaban J connectivity index is 2.00. The van der Waals surface area contributed by atoms with E-state index in [1.165, 1.54) is 7.11 Å². The highest BCUT2D eigenvalue weighted by molar-refractivity contribution is 5.70. The number of methoxy groups -OCH3 is 1. The van der Waals surface area contributed by atoms with Crippen LogP contribution in [-0.4, -0.2) is 43.9 Å². The number of aromatic nitrogens is 1. The fourth-order valence-electron chi connectivity index (χ4n) is 1.98. The molecule has 1 aliphatic rings. The summed E-state index contributed by atoms with van der Waals surface area (Å²) in [5, 5.41) is 0. The molecule has 1 unspecified atom stereocenters. The lowest BCUT2D eigenvalue weighted by Crippen LogP contribution is -2.43. The third-order valence-electron chi connectivity index (χ3n) is 2.89. The molecule has 0 radical (unpaired) electrons. The maximum atomic E-state index is 11.2. The van der Waals surface area contributed by atoms with Crippen LogP contribution in [0.5, 0.6) is 0 Å². The third-order valence-corrected chi connectivity index (χ3v) is 2.89. The second kappa shape index (κ2) is 5.68. The molecule has 6 heteroatoms. The molecular formula is C12H17N3O3. The molecule has 0 aromatic carbocycles. The number of anilines is 2. The van der Waals surface area contributed by atoms with Crippen molar-refractivity contribution in [3.63, 3.8) is 0 Å². The van der Waals surface area contributed by atoms with Crippen LogP contribution in [0.1, 0.15) is 6.42 Å². The van der Waals surface area contributed by atoms with Crippen LogP contribution in [0.3, 0.4) is 0 Å². The fraction of sp³-hybridized carbons (Fsp3) is 0.500. The first kappa shape index (κ1) is 12.6. The van der Waals surface area contributed by atoms with Gasteiger partial charge in [-0.1, -0.05) is 0 Å². The van der Waals surface area contributed by atoms with Gasteiger partial charge < -0.3 is 20.1 Å². The summed E-state index contributed by atoms with van der Waals surface area (Å²) in [6.45, 7) is 2.02. The molecule has 2 heterocycles. The van der Waals surface area contributed by atoms with Gasteiger partial charge in [-0.25, -0.2) is 4.98 Å². The number of nitrogen functional groups attached to an aromatic ring is 1. The largest absolute Gasteiger partial charge is 0.469 e. The van der Waals surface area contributed by atoms with Gasteiger partial charge >= 0.3 is 5.97 Å². The molecule has 1 aliphatic heterocycles. The summed E-state index contributed by atoms with van der Waals surface area (Å²) >= 11 is 0. The number of carbonyl (C=O) groups is 1. The average molecular weight is 251 g/mol. The van der Waals surface area contributed by atoms with Gasteiger partial charge in [-0.3, -0.25) is 4.79 Å². The number of carbonyl (C=O) groups excluding carboxylic acids is 1. The first-order valence-electron chi connectivity index (χ1n) is 5.84. The first-order chi connectivity index (χ1) is 8.69. The van der Waals surface area contributed by atoms with E-state index >= 15 is 0 Å². The van der Waals surface area contributed by atoms with Crippen molar-refractivity contribution in [3.8, 4) is 0 Å². The molecule has 0 bridgehead atoms. The van der Waals surface area contributed by atoms with Crippen LogP contribution in [0.2, 0.25) is 0 Å². The van der Waals surface area contributed by atoms with Gasteiger partial charge in [-0.05, 0) is 6.07 Å². The lowest BCUT2D eigenvalue weighted by atomic mass is 10.2. The molecule has 1 atom stereocenters. The number of morpholine rings is 1. The minimum atomic E-state index is -0.254. The zero-order valence-corrected chi connectivity index (χ0v) is 10.3. The molecular weight excluding hydrogens is 234 g/mol. The Morgan fingerprint density at radius 1 is 1.72 bits per heavy atom. The Morgan fingerprint density at radius 2 is 2.56 bits per heavy atom. The number of ether oxygens (including phenoxy) is 2. The minimum absolute atomic E-state index is 0.138. The molecule has 2 N–H and O–H groups in total. The van der Waals surface area contributed by atoms with Gasteiger partial charge in [-0.2, -0.15) is 0 Å². The third kappa shape index (κ3) is 3.10. The van der Waals surface area contributed by atoms with Crippen molar-refractivity contribution in [2.45, 2.75) is 12.5 Å². The van der Waals surface area contributed by atoms with Crippen LogP contribution in [0.4, 0.5) is 11.5 Å². The fourth-order valence-corrected chi connectivity index (χ4v) is 1.98. The number of pyridine rings is 1. The van der Waals surface area contributed by atoms with Crippen LogP contribution in [0.25, 0.3) is 0 Å². The minimum Gasteiger partial charge on any atom is -0.469 e. The molecule has 1 aromatic rings. The van der Waals surface area contributed by atoms with Gasteiger partial charge in [-0.15, -0.1) is 0 Å². The summed E-state index contributed by atoms with van der Waals surface area (Å²) in [7, 11) is 1.38. The maximum absolute atomic E-state index is 11.2. The van der Waals surface area contributed by atoms with E-state index in [1.54, 1.807) is 6.20 Å². The summed E-state index contributed by atoms with van der Waals surface area (Å²) < 4.78 is 10.2. The smallest absolute Gasteiger partial charge is 0.308 e. The molecule has 18 heavy (non-hydrogen) atoms. The van der Waals surface area contributed by atoms with E-state index in [0.29, 0.717) is 19.0 Å². The predicted octanol–water partition coefficient (Wildman–Crippen LogP) is 0.432. The molecule has 0 amide bonds. The number of nitrogens with two attached hydrogens (primary N) is 1. The van der Waals surface area contributed by atoms with E-state index in [-0.39, 0.29) is 18.5 Å². The number of nitrogens with zero attached hydrogens (tertiary/aromatic N) is 2. The van der Waals surface area contributed by atoms with Crippen LogP contribution in [0.15, 0.2) is 18.3 Å². The quantitative estimate of drug-likeness (QED) is 0.785. The van der Waals surface area contributed by atoms with E-state index in [1.807, 2.05) is 12.1 Å². The highest BCUT2D eigenvalue weighted by atomic mass is 16.5. The zero-order chi connectivity index (χ0) is 13.0. The summed E-state index contributed by atoms with van der Waals surface area (Å²) in [6.07, 6.45) is 1.81. The monoisotopic (exact) mass is 251 g/mol. The van der Waals surface area contributed by atoms with Crippen LogP contribution in [0, 0.1) is 0 Å². The topological polar surface area (TPSA) is 77.7 Å². The molecule has 1 aromatic heterocycles.